The lowest BCUT2D eigenvalue weighted by Crippen LogP contribution is -2.46. The molecule has 0 bridgehead atoms. The second kappa shape index (κ2) is 5.18. The average Bonchev–Trinajstić information content (AvgIpc) is 2.98. The molecule has 0 aromatic heterocycles. The topological polar surface area (TPSA) is 9.23 Å². The van der Waals surface area contributed by atoms with E-state index in [1.807, 2.05) is 0 Å². The molecule has 0 aromatic rings. The second-order valence-electron chi connectivity index (χ2n) is 8.53. The molecule has 0 spiro atoms. The number of hydrogen-bond donors (Lipinski definition) is 0. The Labute approximate surface area is 121 Å². The zero-order valence-corrected chi connectivity index (χ0v) is 15.0. The molecule has 0 aromatic carbocycles. The minimum absolute atomic E-state index is 0.319. The van der Waals surface area contributed by atoms with Crippen LogP contribution in [0.1, 0.15) is 72.6 Å². The van der Waals surface area contributed by atoms with Gasteiger partial charge in [-0.3, -0.25) is 0 Å². The molecule has 2 saturated carbocycles. The first-order valence-electron chi connectivity index (χ1n) is 8.42. The van der Waals surface area contributed by atoms with Crippen molar-refractivity contribution in [3.8, 4) is 0 Å². The molecule has 0 N–H and O–H groups in total. The van der Waals surface area contributed by atoms with E-state index in [0.717, 1.165) is 11.8 Å². The maximum atomic E-state index is 6.85. The van der Waals surface area contributed by atoms with Crippen molar-refractivity contribution >= 4 is 8.32 Å². The highest BCUT2D eigenvalue weighted by atomic mass is 28.4. The zero-order valence-electron chi connectivity index (χ0n) is 14.0. The quantitative estimate of drug-likeness (QED) is 0.583. The van der Waals surface area contributed by atoms with Gasteiger partial charge in [0.15, 0.2) is 8.32 Å². The van der Waals surface area contributed by atoms with E-state index in [1.165, 1.54) is 44.9 Å². The highest BCUT2D eigenvalue weighted by molar-refractivity contribution is 6.74. The largest absolute Gasteiger partial charge is 0.411 e. The van der Waals surface area contributed by atoms with E-state index in [4.69, 9.17) is 4.43 Å². The Morgan fingerprint density at radius 2 is 1.95 bits per heavy atom. The minimum Gasteiger partial charge on any atom is -0.411 e. The summed E-state index contributed by atoms with van der Waals surface area (Å²) in [5, 5.41) is 0.352. The molecule has 1 unspecified atom stereocenters. The minimum atomic E-state index is -1.58. The molecule has 0 heterocycles. The maximum absolute atomic E-state index is 6.85. The van der Waals surface area contributed by atoms with Crippen molar-refractivity contribution in [2.24, 2.45) is 11.8 Å². The summed E-state index contributed by atoms with van der Waals surface area (Å²) in [6.07, 6.45) is 9.79. The number of rotatable bonds is 5. The van der Waals surface area contributed by atoms with Gasteiger partial charge in [-0.2, -0.15) is 0 Å². The van der Waals surface area contributed by atoms with Crippen molar-refractivity contribution in [3.05, 3.63) is 0 Å². The Bertz CT molecular complexity index is 318. The fraction of sp³-hybridized carbons (Fsp3) is 1.00. The first-order chi connectivity index (χ1) is 8.72. The van der Waals surface area contributed by atoms with Crippen LogP contribution in [0.3, 0.4) is 0 Å². The first kappa shape index (κ1) is 15.6. The van der Waals surface area contributed by atoms with E-state index < -0.39 is 8.32 Å². The Balaban J connectivity index is 1.99. The Kier molecular flexibility index (Phi) is 4.24. The molecular formula is C17H34OSi. The summed E-state index contributed by atoms with van der Waals surface area (Å²) in [5.41, 5.74) is 0.319. The maximum Gasteiger partial charge on any atom is 0.192 e. The molecule has 2 aliphatic carbocycles. The summed E-state index contributed by atoms with van der Waals surface area (Å²) in [4.78, 5) is 0. The van der Waals surface area contributed by atoms with Crippen LogP contribution in [0.4, 0.5) is 0 Å². The Morgan fingerprint density at radius 3 is 2.53 bits per heavy atom. The molecule has 2 rings (SSSR count). The van der Waals surface area contributed by atoms with Crippen molar-refractivity contribution < 1.29 is 4.43 Å². The van der Waals surface area contributed by atoms with Gasteiger partial charge in [0.05, 0.1) is 5.60 Å². The summed E-state index contributed by atoms with van der Waals surface area (Å²) < 4.78 is 6.85. The molecular weight excluding hydrogens is 248 g/mol. The van der Waals surface area contributed by atoms with Crippen molar-refractivity contribution in [1.82, 2.24) is 0 Å². The van der Waals surface area contributed by atoms with Crippen LogP contribution in [0.2, 0.25) is 18.1 Å². The highest BCUT2D eigenvalue weighted by Gasteiger charge is 2.62. The number of hydrogen-bond acceptors (Lipinski definition) is 1. The second-order valence-corrected chi connectivity index (χ2v) is 13.3. The molecule has 2 aliphatic rings. The molecule has 112 valence electrons. The van der Waals surface area contributed by atoms with Gasteiger partial charge < -0.3 is 4.43 Å². The van der Waals surface area contributed by atoms with Crippen LogP contribution in [0, 0.1) is 11.8 Å². The van der Waals surface area contributed by atoms with E-state index in [2.05, 4.69) is 40.8 Å². The van der Waals surface area contributed by atoms with Gasteiger partial charge in [-0.25, -0.2) is 0 Å². The van der Waals surface area contributed by atoms with Gasteiger partial charge in [0, 0.05) is 0 Å². The van der Waals surface area contributed by atoms with Gasteiger partial charge in [-0.1, -0.05) is 53.4 Å². The van der Waals surface area contributed by atoms with E-state index in [9.17, 15) is 0 Å². The van der Waals surface area contributed by atoms with Crippen molar-refractivity contribution in [2.75, 3.05) is 0 Å². The van der Waals surface area contributed by atoms with E-state index in [1.54, 1.807) is 0 Å². The third-order valence-electron chi connectivity index (χ3n) is 6.02. The van der Waals surface area contributed by atoms with Crippen LogP contribution >= 0.6 is 0 Å². The highest BCUT2D eigenvalue weighted by Crippen LogP contribution is 2.62. The van der Waals surface area contributed by atoms with Crippen molar-refractivity contribution in [1.29, 1.82) is 0 Å². The Hall–Kier alpha value is 0.177. The Morgan fingerprint density at radius 1 is 1.26 bits per heavy atom. The van der Waals surface area contributed by atoms with Crippen LogP contribution < -0.4 is 0 Å². The molecule has 1 nitrogen and oxygen atoms in total. The monoisotopic (exact) mass is 282 g/mol. The van der Waals surface area contributed by atoms with Crippen molar-refractivity contribution in [2.45, 2.75) is 96.4 Å². The molecule has 3 atom stereocenters. The molecule has 0 amide bonds. The lowest BCUT2D eigenvalue weighted by molar-refractivity contribution is 0.0869. The SMILES string of the molecule is CCCC[C@@H]1CCC[C@@]2(O[Si](C)(C)C(C)(C)C)CC12. The molecule has 19 heavy (non-hydrogen) atoms. The summed E-state index contributed by atoms with van der Waals surface area (Å²) in [6, 6.07) is 0. The first-order valence-corrected chi connectivity index (χ1v) is 11.3. The van der Waals surface area contributed by atoms with Crippen molar-refractivity contribution in [3.63, 3.8) is 0 Å². The predicted molar refractivity (Wildman–Crippen MR) is 86.0 cm³/mol. The van der Waals surface area contributed by atoms with Crippen LogP contribution in [0.15, 0.2) is 0 Å². The van der Waals surface area contributed by atoms with Gasteiger partial charge in [0.1, 0.15) is 0 Å². The summed E-state index contributed by atoms with van der Waals surface area (Å²) in [7, 11) is -1.58. The molecule has 0 aliphatic heterocycles. The van der Waals surface area contributed by atoms with E-state index >= 15 is 0 Å². The van der Waals surface area contributed by atoms with Crippen LogP contribution in [0.25, 0.3) is 0 Å². The normalized spacial score (nSPS) is 35.1. The molecule has 2 fully saturated rings. The number of unbranched alkanes of at least 4 members (excludes halogenated alkanes) is 1. The average molecular weight is 283 g/mol. The third kappa shape index (κ3) is 3.10. The van der Waals surface area contributed by atoms with Gasteiger partial charge in [0.2, 0.25) is 0 Å². The van der Waals surface area contributed by atoms with Gasteiger partial charge in [-0.05, 0) is 49.2 Å². The fourth-order valence-corrected chi connectivity index (χ4v) is 5.36. The summed E-state index contributed by atoms with van der Waals surface area (Å²) in [6.45, 7) is 14.3. The zero-order chi connectivity index (χ0) is 14.3. The van der Waals surface area contributed by atoms with Crippen LogP contribution in [0.5, 0.6) is 0 Å². The van der Waals surface area contributed by atoms with Gasteiger partial charge >= 0.3 is 0 Å². The van der Waals surface area contributed by atoms with Gasteiger partial charge in [-0.15, -0.1) is 0 Å². The predicted octanol–water partition coefficient (Wildman–Crippen LogP) is 5.76. The van der Waals surface area contributed by atoms with E-state index in [-0.39, 0.29) is 0 Å². The summed E-state index contributed by atoms with van der Waals surface area (Å²) in [5.74, 6) is 1.88. The standard InChI is InChI=1S/C17H34OSi/c1-7-8-10-14-11-9-12-17(13-15(14)17)18-19(5,6)16(2,3)4/h14-15H,7-13H2,1-6H3/t14-,15?,17-/m1/s1. The number of fused-ring (bicyclic) bond motifs is 1. The molecule has 0 radical (unpaired) electrons. The van der Waals surface area contributed by atoms with Crippen LogP contribution in [-0.2, 0) is 4.43 Å². The smallest absolute Gasteiger partial charge is 0.192 e. The lowest BCUT2D eigenvalue weighted by atomic mass is 9.84. The fourth-order valence-electron chi connectivity index (χ4n) is 3.70. The van der Waals surface area contributed by atoms with Gasteiger partial charge in [0.25, 0.3) is 0 Å². The summed E-state index contributed by atoms with van der Waals surface area (Å²) >= 11 is 0. The van der Waals surface area contributed by atoms with E-state index in [0.29, 0.717) is 10.6 Å². The third-order valence-corrected chi connectivity index (χ3v) is 10.5. The molecule has 2 heteroatoms. The lowest BCUT2D eigenvalue weighted by Gasteiger charge is -2.42. The van der Waals surface area contributed by atoms with Crippen LogP contribution in [-0.4, -0.2) is 13.9 Å². The molecule has 0 saturated heterocycles.